The molecule has 1 saturated carbocycles. The normalized spacial score (nSPS) is 17.5. The molecule has 0 saturated heterocycles. The van der Waals surface area contributed by atoms with Crippen LogP contribution in [-0.4, -0.2) is 58.1 Å². The van der Waals surface area contributed by atoms with Crippen LogP contribution < -0.4 is 10.6 Å². The Morgan fingerprint density at radius 3 is 1.68 bits per heavy atom. The summed E-state index contributed by atoms with van der Waals surface area (Å²) in [6.07, 6.45) is 0.346. The van der Waals surface area contributed by atoms with Crippen LogP contribution in [0.2, 0.25) is 0 Å². The highest BCUT2D eigenvalue weighted by Gasteiger charge is 2.49. The molecule has 0 heterocycles. The zero-order valence-electron chi connectivity index (χ0n) is 30.9. The molecular formula is C41H53N3O6. The van der Waals surface area contributed by atoms with Crippen LogP contribution in [0, 0.1) is 19.8 Å². The number of ether oxygens (including phenoxy) is 2. The molecule has 50 heavy (non-hydrogen) atoms. The van der Waals surface area contributed by atoms with Crippen molar-refractivity contribution in [1.29, 1.82) is 0 Å². The van der Waals surface area contributed by atoms with Gasteiger partial charge in [-0.25, -0.2) is 9.59 Å². The first-order valence-corrected chi connectivity index (χ1v) is 17.4. The summed E-state index contributed by atoms with van der Waals surface area (Å²) in [6.45, 7) is 16.5. The van der Waals surface area contributed by atoms with Crippen LogP contribution in [0.5, 0.6) is 0 Å². The van der Waals surface area contributed by atoms with E-state index in [4.69, 9.17) is 9.47 Å². The molecule has 5 atom stereocenters. The molecule has 0 bridgehead atoms. The third-order valence-corrected chi connectivity index (χ3v) is 8.33. The molecule has 1 fully saturated rings. The predicted molar refractivity (Wildman–Crippen MR) is 194 cm³/mol. The van der Waals surface area contributed by atoms with Gasteiger partial charge in [0.2, 0.25) is 11.8 Å². The molecule has 2 N–H and O–H groups in total. The summed E-state index contributed by atoms with van der Waals surface area (Å²) in [5, 5.41) is 5.83. The fourth-order valence-electron chi connectivity index (χ4n) is 6.12. The maximum absolute atomic E-state index is 14.9. The first kappa shape index (κ1) is 38.1. The molecule has 0 spiro atoms. The number of nitrogens with one attached hydrogen (secondary N) is 2. The smallest absolute Gasteiger partial charge is 0.408 e. The summed E-state index contributed by atoms with van der Waals surface area (Å²) in [5.41, 5.74) is 2.58. The molecule has 1 aliphatic carbocycles. The standard InChI is InChI=1S/C41H53N3O6/c1-26-20-27(2)22-31(21-26)35(36(45)42-33(38(47)49-40(4,5)6)25-30-18-14-11-15-19-30)44(34-23-28(34)3)37(46)32(24-29-16-12-10-13-17-29)43-39(48)50-41(7,8)9/h10-22,28,32-35H,23-25H2,1-9H3,(H,42,45)(H,43,48). The SMILES string of the molecule is Cc1cc(C)cc(C(C(=O)NC(Cc2ccccc2)C(=O)OC(C)(C)C)N(C(=O)C(Cc2ccccc2)NC(=O)OC(C)(C)C)C2CC2C)c1. The van der Waals surface area contributed by atoms with Gasteiger partial charge in [0.15, 0.2) is 0 Å². The number of carbonyl (C=O) groups is 4. The Labute approximate surface area is 297 Å². The highest BCUT2D eigenvalue weighted by molar-refractivity contribution is 5.94. The van der Waals surface area contributed by atoms with Gasteiger partial charge < -0.3 is 25.0 Å². The summed E-state index contributed by atoms with van der Waals surface area (Å²) >= 11 is 0. The number of benzene rings is 3. The maximum atomic E-state index is 14.9. The van der Waals surface area contributed by atoms with E-state index >= 15 is 0 Å². The van der Waals surface area contributed by atoms with Crippen LogP contribution >= 0.6 is 0 Å². The average Bonchev–Trinajstić information content (AvgIpc) is 3.72. The van der Waals surface area contributed by atoms with E-state index in [1.54, 1.807) is 46.4 Å². The van der Waals surface area contributed by atoms with Crippen molar-refractivity contribution in [3.63, 3.8) is 0 Å². The maximum Gasteiger partial charge on any atom is 0.408 e. The lowest BCUT2D eigenvalue weighted by atomic mass is 9.96. The molecule has 268 valence electrons. The second-order valence-corrected chi connectivity index (χ2v) is 15.5. The van der Waals surface area contributed by atoms with Gasteiger partial charge >= 0.3 is 12.1 Å². The Balaban J connectivity index is 1.79. The molecule has 1 aliphatic rings. The highest BCUT2D eigenvalue weighted by Crippen LogP contribution is 2.41. The van der Waals surface area contributed by atoms with E-state index in [2.05, 4.69) is 10.6 Å². The molecule has 0 aliphatic heterocycles. The van der Waals surface area contributed by atoms with E-state index in [1.165, 1.54) is 0 Å². The summed E-state index contributed by atoms with van der Waals surface area (Å²) in [7, 11) is 0. The number of carbonyl (C=O) groups excluding carboxylic acids is 4. The van der Waals surface area contributed by atoms with E-state index in [9.17, 15) is 19.2 Å². The van der Waals surface area contributed by atoms with Crippen molar-refractivity contribution in [1.82, 2.24) is 15.5 Å². The zero-order chi connectivity index (χ0) is 36.8. The van der Waals surface area contributed by atoms with Crippen LogP contribution in [0.3, 0.4) is 0 Å². The summed E-state index contributed by atoms with van der Waals surface area (Å²) in [4.78, 5) is 58.2. The Hall–Kier alpha value is -4.66. The Morgan fingerprint density at radius 1 is 0.740 bits per heavy atom. The first-order valence-electron chi connectivity index (χ1n) is 17.4. The minimum absolute atomic E-state index is 0.116. The van der Waals surface area contributed by atoms with E-state index in [0.717, 1.165) is 22.3 Å². The van der Waals surface area contributed by atoms with Gasteiger partial charge in [0.05, 0.1) is 0 Å². The molecule has 0 radical (unpaired) electrons. The van der Waals surface area contributed by atoms with Crippen molar-refractivity contribution in [2.24, 2.45) is 5.92 Å². The fraction of sp³-hybridized carbons (Fsp3) is 0.463. The van der Waals surface area contributed by atoms with Crippen molar-refractivity contribution in [2.45, 2.75) is 117 Å². The van der Waals surface area contributed by atoms with Crippen LogP contribution in [0.1, 0.15) is 88.7 Å². The molecule has 4 rings (SSSR count). The molecule has 3 aromatic rings. The van der Waals surface area contributed by atoms with E-state index < -0.39 is 53.2 Å². The third-order valence-electron chi connectivity index (χ3n) is 8.33. The van der Waals surface area contributed by atoms with E-state index in [0.29, 0.717) is 12.0 Å². The highest BCUT2D eigenvalue weighted by atomic mass is 16.6. The Bertz CT molecular complexity index is 1620. The minimum Gasteiger partial charge on any atom is -0.458 e. The topological polar surface area (TPSA) is 114 Å². The number of hydrogen-bond acceptors (Lipinski definition) is 6. The molecular weight excluding hydrogens is 630 g/mol. The lowest BCUT2D eigenvalue weighted by Crippen LogP contribution is -2.56. The number of nitrogens with zero attached hydrogens (tertiary/aromatic N) is 1. The van der Waals surface area contributed by atoms with Crippen molar-refractivity contribution >= 4 is 23.9 Å². The monoisotopic (exact) mass is 683 g/mol. The van der Waals surface area contributed by atoms with Crippen LogP contribution in [0.15, 0.2) is 78.9 Å². The van der Waals surface area contributed by atoms with Gasteiger partial charge in [0, 0.05) is 18.9 Å². The van der Waals surface area contributed by atoms with Gasteiger partial charge in [-0.15, -0.1) is 0 Å². The Morgan fingerprint density at radius 2 is 1.22 bits per heavy atom. The van der Waals surface area contributed by atoms with Gasteiger partial charge in [0.1, 0.15) is 29.3 Å². The first-order chi connectivity index (χ1) is 23.4. The van der Waals surface area contributed by atoms with Crippen molar-refractivity contribution in [3.05, 3.63) is 107 Å². The van der Waals surface area contributed by atoms with Gasteiger partial charge in [-0.1, -0.05) is 96.9 Å². The van der Waals surface area contributed by atoms with Gasteiger partial charge in [-0.3, -0.25) is 9.59 Å². The molecule has 5 unspecified atom stereocenters. The number of rotatable bonds is 12. The van der Waals surface area contributed by atoms with E-state index in [1.807, 2.05) is 99.6 Å². The molecule has 0 aromatic heterocycles. The zero-order valence-corrected chi connectivity index (χ0v) is 30.9. The Kier molecular flexibility index (Phi) is 12.1. The molecule has 9 nitrogen and oxygen atoms in total. The minimum atomic E-state index is -1.10. The second kappa shape index (κ2) is 15.9. The van der Waals surface area contributed by atoms with Crippen LogP contribution in [0.4, 0.5) is 4.79 Å². The van der Waals surface area contributed by atoms with Crippen LogP contribution in [-0.2, 0) is 36.7 Å². The summed E-state index contributed by atoms with van der Waals surface area (Å²) in [5.74, 6) is -1.37. The predicted octanol–water partition coefficient (Wildman–Crippen LogP) is 6.79. The quantitative estimate of drug-likeness (QED) is 0.203. The van der Waals surface area contributed by atoms with Gasteiger partial charge in [-0.05, 0) is 84.4 Å². The number of amides is 3. The van der Waals surface area contributed by atoms with Crippen molar-refractivity contribution in [3.8, 4) is 0 Å². The van der Waals surface area contributed by atoms with Crippen LogP contribution in [0.25, 0.3) is 0 Å². The lowest BCUT2D eigenvalue weighted by Gasteiger charge is -2.36. The number of aryl methyl sites for hydroxylation is 2. The van der Waals surface area contributed by atoms with E-state index in [-0.39, 0.29) is 24.8 Å². The van der Waals surface area contributed by atoms with Gasteiger partial charge in [0.25, 0.3) is 0 Å². The largest absolute Gasteiger partial charge is 0.458 e. The summed E-state index contributed by atoms with van der Waals surface area (Å²) < 4.78 is 11.4. The fourth-order valence-corrected chi connectivity index (χ4v) is 6.12. The van der Waals surface area contributed by atoms with Crippen molar-refractivity contribution < 1.29 is 28.7 Å². The van der Waals surface area contributed by atoms with Crippen molar-refractivity contribution in [2.75, 3.05) is 0 Å². The van der Waals surface area contributed by atoms with Gasteiger partial charge in [-0.2, -0.15) is 0 Å². The number of esters is 1. The molecule has 3 amide bonds. The lowest BCUT2D eigenvalue weighted by molar-refractivity contribution is -0.159. The third kappa shape index (κ3) is 11.2. The summed E-state index contributed by atoms with van der Waals surface area (Å²) in [6, 6.07) is 21.2. The number of hydrogen-bond donors (Lipinski definition) is 2. The molecule has 3 aromatic carbocycles. The molecule has 9 heteroatoms. The number of alkyl carbamates (subject to hydrolysis) is 1. The average molecular weight is 684 g/mol. The second-order valence-electron chi connectivity index (χ2n) is 15.5.